The highest BCUT2D eigenvalue weighted by Crippen LogP contribution is 2.21. The number of aromatic nitrogens is 1. The maximum absolute atomic E-state index is 12.4. The van der Waals surface area contributed by atoms with Crippen LogP contribution < -0.4 is 10.5 Å². The number of sulfonamides is 1. The van der Waals surface area contributed by atoms with Gasteiger partial charge in [-0.15, -0.1) is 0 Å². The minimum Gasteiger partial charge on any atom is -0.393 e. The summed E-state index contributed by atoms with van der Waals surface area (Å²) in [6.45, 7) is 0.367. The fourth-order valence-corrected chi connectivity index (χ4v) is 3.48. The van der Waals surface area contributed by atoms with E-state index < -0.39 is 10.0 Å². The molecule has 0 radical (unpaired) electrons. The number of unbranched alkanes of at least 4 members (excludes halogenated alkanes) is 1. The Hall–Kier alpha value is -1.57. The quantitative estimate of drug-likeness (QED) is 0.601. The number of nitrogens with zero attached hydrogens (tertiary/aromatic N) is 1. The topological polar surface area (TPSA) is 85.1 Å². The molecule has 1 aromatic heterocycles. The van der Waals surface area contributed by atoms with Crippen LogP contribution in [-0.2, 0) is 10.0 Å². The summed E-state index contributed by atoms with van der Waals surface area (Å²) in [7, 11) is -3.53. The van der Waals surface area contributed by atoms with Crippen LogP contribution in [-0.4, -0.2) is 24.9 Å². The van der Waals surface area contributed by atoms with Gasteiger partial charge in [0.15, 0.2) is 0 Å². The van der Waals surface area contributed by atoms with Crippen LogP contribution in [0.4, 0.5) is 0 Å². The Labute approximate surface area is 129 Å². The summed E-state index contributed by atoms with van der Waals surface area (Å²) in [5.41, 5.74) is 5.40. The predicted octanol–water partition coefficient (Wildman–Crippen LogP) is 1.97. The van der Waals surface area contributed by atoms with Crippen molar-refractivity contribution in [3.05, 3.63) is 36.7 Å². The monoisotopic (exact) mass is 323 g/mol. The molecule has 0 fully saturated rings. The van der Waals surface area contributed by atoms with Crippen LogP contribution in [0.25, 0.3) is 10.8 Å². The maximum atomic E-state index is 12.4. The van der Waals surface area contributed by atoms with Gasteiger partial charge < -0.3 is 5.73 Å². The third-order valence-corrected chi connectivity index (χ3v) is 4.80. The van der Waals surface area contributed by atoms with Crippen LogP contribution in [0.3, 0.4) is 0 Å². The second-order valence-electron chi connectivity index (χ2n) is 4.67. The van der Waals surface area contributed by atoms with E-state index in [1.165, 1.54) is 0 Å². The third kappa shape index (κ3) is 4.20. The van der Waals surface area contributed by atoms with Crippen LogP contribution >= 0.6 is 12.2 Å². The summed E-state index contributed by atoms with van der Waals surface area (Å²) in [5.74, 6) is 0. The van der Waals surface area contributed by atoms with E-state index in [0.29, 0.717) is 29.8 Å². The number of hydrogen-bond acceptors (Lipinski definition) is 4. The Morgan fingerprint density at radius 1 is 1.29 bits per heavy atom. The molecule has 0 aliphatic rings. The highest BCUT2D eigenvalue weighted by atomic mass is 32.2. The Morgan fingerprint density at radius 3 is 2.86 bits per heavy atom. The molecule has 0 bridgehead atoms. The first-order chi connectivity index (χ1) is 10.0. The zero-order chi connectivity index (χ0) is 15.3. The van der Waals surface area contributed by atoms with Crippen LogP contribution in [0, 0.1) is 0 Å². The van der Waals surface area contributed by atoms with Crippen molar-refractivity contribution in [3.63, 3.8) is 0 Å². The number of hydrogen-bond donors (Lipinski definition) is 2. The summed E-state index contributed by atoms with van der Waals surface area (Å²) >= 11 is 4.78. The number of fused-ring (bicyclic) bond motifs is 1. The molecule has 0 atom stereocenters. The first-order valence-corrected chi connectivity index (χ1v) is 8.50. The van der Waals surface area contributed by atoms with E-state index in [2.05, 4.69) is 9.71 Å². The van der Waals surface area contributed by atoms with E-state index >= 15 is 0 Å². The van der Waals surface area contributed by atoms with E-state index in [9.17, 15) is 8.42 Å². The molecule has 1 aromatic carbocycles. The average Bonchev–Trinajstić information content (AvgIpc) is 2.46. The molecule has 21 heavy (non-hydrogen) atoms. The van der Waals surface area contributed by atoms with Crippen molar-refractivity contribution in [2.24, 2.45) is 5.73 Å². The molecule has 0 aliphatic heterocycles. The Morgan fingerprint density at radius 2 is 2.10 bits per heavy atom. The Balaban J connectivity index is 2.10. The van der Waals surface area contributed by atoms with E-state index in [1.807, 2.05) is 6.07 Å². The normalized spacial score (nSPS) is 11.6. The smallest absolute Gasteiger partial charge is 0.241 e. The van der Waals surface area contributed by atoms with Gasteiger partial charge in [0.1, 0.15) is 0 Å². The highest BCUT2D eigenvalue weighted by molar-refractivity contribution is 7.89. The second-order valence-corrected chi connectivity index (χ2v) is 6.93. The van der Waals surface area contributed by atoms with Gasteiger partial charge in [0.2, 0.25) is 10.0 Å². The van der Waals surface area contributed by atoms with Crippen LogP contribution in [0.5, 0.6) is 0 Å². The van der Waals surface area contributed by atoms with Crippen molar-refractivity contribution in [3.8, 4) is 0 Å². The fourth-order valence-electron chi connectivity index (χ4n) is 2.04. The number of nitrogens with two attached hydrogens (primary N) is 1. The second kappa shape index (κ2) is 6.93. The zero-order valence-electron chi connectivity index (χ0n) is 11.5. The minimum atomic E-state index is -3.53. The molecule has 5 nitrogen and oxygen atoms in total. The standard InChI is InChI=1S/C14H17N3O2S2/c15-14(20)6-1-2-8-17-21(18,19)13-5-3-4-11-10-16-9-7-12(11)13/h3-5,7,9-10,17H,1-2,6,8H2,(H2,15,20). The van der Waals surface area contributed by atoms with Crippen molar-refractivity contribution in [1.29, 1.82) is 0 Å². The molecule has 3 N–H and O–H groups in total. The lowest BCUT2D eigenvalue weighted by atomic mass is 10.2. The highest BCUT2D eigenvalue weighted by Gasteiger charge is 2.16. The molecule has 0 aliphatic carbocycles. The molecule has 0 saturated carbocycles. The number of benzene rings is 1. The van der Waals surface area contributed by atoms with Crippen molar-refractivity contribution in [1.82, 2.24) is 9.71 Å². The maximum Gasteiger partial charge on any atom is 0.241 e. The molecule has 2 aromatic rings. The van der Waals surface area contributed by atoms with Gasteiger partial charge >= 0.3 is 0 Å². The van der Waals surface area contributed by atoms with Crippen molar-refractivity contribution in [2.45, 2.75) is 24.2 Å². The molecule has 1 heterocycles. The molecule has 0 amide bonds. The molecule has 0 unspecified atom stereocenters. The first-order valence-electron chi connectivity index (χ1n) is 6.61. The van der Waals surface area contributed by atoms with E-state index in [1.54, 1.807) is 30.6 Å². The number of thiocarbonyl (C=S) groups is 1. The van der Waals surface area contributed by atoms with Gasteiger partial charge in [0.25, 0.3) is 0 Å². The van der Waals surface area contributed by atoms with Gasteiger partial charge in [-0.1, -0.05) is 24.4 Å². The first kappa shape index (κ1) is 15.8. The van der Waals surface area contributed by atoms with Crippen LogP contribution in [0.2, 0.25) is 0 Å². The summed E-state index contributed by atoms with van der Waals surface area (Å²) < 4.78 is 27.3. The molecular formula is C14H17N3O2S2. The summed E-state index contributed by atoms with van der Waals surface area (Å²) in [6, 6.07) is 6.85. The lowest BCUT2D eigenvalue weighted by molar-refractivity contribution is 0.578. The zero-order valence-corrected chi connectivity index (χ0v) is 13.1. The summed E-state index contributed by atoms with van der Waals surface area (Å²) in [6.07, 6.45) is 5.34. The van der Waals surface area contributed by atoms with Crippen LogP contribution in [0.15, 0.2) is 41.6 Å². The fraction of sp³-hybridized carbons (Fsp3) is 0.286. The Bertz CT molecular complexity index is 739. The predicted molar refractivity (Wildman–Crippen MR) is 87.6 cm³/mol. The van der Waals surface area contributed by atoms with Gasteiger partial charge in [-0.25, -0.2) is 13.1 Å². The molecule has 0 saturated heterocycles. The molecule has 0 spiro atoms. The number of rotatable bonds is 7. The molecule has 112 valence electrons. The SMILES string of the molecule is NC(=S)CCCCNS(=O)(=O)c1cccc2cnccc12. The molecular weight excluding hydrogens is 306 g/mol. The van der Waals surface area contributed by atoms with Gasteiger partial charge in [-0.3, -0.25) is 4.98 Å². The van der Waals surface area contributed by atoms with Gasteiger partial charge in [-0.05, 0) is 31.4 Å². The van der Waals surface area contributed by atoms with Gasteiger partial charge in [0.05, 0.1) is 9.88 Å². The van der Waals surface area contributed by atoms with Crippen molar-refractivity contribution < 1.29 is 8.42 Å². The number of nitrogens with one attached hydrogen (secondary N) is 1. The summed E-state index contributed by atoms with van der Waals surface area (Å²) in [4.78, 5) is 4.73. The summed E-state index contributed by atoms with van der Waals surface area (Å²) in [5, 5.41) is 1.47. The largest absolute Gasteiger partial charge is 0.393 e. The van der Waals surface area contributed by atoms with Crippen molar-refractivity contribution in [2.75, 3.05) is 6.54 Å². The molecule has 2 rings (SSSR count). The Kier molecular flexibility index (Phi) is 5.22. The average molecular weight is 323 g/mol. The lowest BCUT2D eigenvalue weighted by Crippen LogP contribution is -2.25. The lowest BCUT2D eigenvalue weighted by Gasteiger charge is -2.09. The minimum absolute atomic E-state index is 0.275. The molecule has 7 heteroatoms. The van der Waals surface area contributed by atoms with Gasteiger partial charge in [-0.2, -0.15) is 0 Å². The van der Waals surface area contributed by atoms with Crippen LogP contribution in [0.1, 0.15) is 19.3 Å². The van der Waals surface area contributed by atoms with E-state index in [4.69, 9.17) is 18.0 Å². The third-order valence-electron chi connectivity index (χ3n) is 3.07. The number of pyridine rings is 1. The van der Waals surface area contributed by atoms with Gasteiger partial charge in [0, 0.05) is 29.7 Å². The van der Waals surface area contributed by atoms with E-state index in [-0.39, 0.29) is 4.90 Å². The van der Waals surface area contributed by atoms with Crippen molar-refractivity contribution >= 4 is 38.0 Å². The van der Waals surface area contributed by atoms with E-state index in [0.717, 1.165) is 11.8 Å².